The molecule has 1 aromatic heterocycles. The first-order valence-corrected chi connectivity index (χ1v) is 10.7. The molecule has 32 heavy (non-hydrogen) atoms. The normalized spacial score (nSPS) is 11.4. The minimum absolute atomic E-state index is 0.00808. The van der Waals surface area contributed by atoms with E-state index in [1.165, 1.54) is 0 Å². The Kier molecular flexibility index (Phi) is 6.32. The topological polar surface area (TPSA) is 57.8 Å². The number of hydrogen-bond donors (Lipinski definition) is 1. The standard InChI is InChI=1S/C26H19Cl2N3O/c1-17-23(13-19(15-29)26(32)30-21-9-6-8-20(27)14-21)22-10-3-5-12-25(22)31(17)16-18-7-2-4-11-24(18)28/h2-14H,16H2,1H3,(H,30,32)/b19-13-. The number of nitrogens with one attached hydrogen (secondary N) is 1. The van der Waals surface area contributed by atoms with Crippen LogP contribution in [-0.2, 0) is 11.3 Å². The van der Waals surface area contributed by atoms with Crippen LogP contribution in [0.2, 0.25) is 10.0 Å². The molecule has 4 rings (SSSR count). The van der Waals surface area contributed by atoms with Crippen LogP contribution in [0.3, 0.4) is 0 Å². The summed E-state index contributed by atoms with van der Waals surface area (Å²) in [6.07, 6.45) is 1.64. The summed E-state index contributed by atoms with van der Waals surface area (Å²) in [6, 6.07) is 24.5. The fourth-order valence-corrected chi connectivity index (χ4v) is 4.08. The largest absolute Gasteiger partial charge is 0.340 e. The van der Waals surface area contributed by atoms with E-state index in [4.69, 9.17) is 23.2 Å². The summed E-state index contributed by atoms with van der Waals surface area (Å²) in [7, 11) is 0. The molecule has 0 bridgehead atoms. The third kappa shape index (κ3) is 4.40. The predicted octanol–water partition coefficient (Wildman–Crippen LogP) is 6.85. The van der Waals surface area contributed by atoms with E-state index in [0.29, 0.717) is 22.3 Å². The van der Waals surface area contributed by atoms with Gasteiger partial charge in [-0.1, -0.05) is 65.7 Å². The monoisotopic (exact) mass is 459 g/mol. The van der Waals surface area contributed by atoms with Crippen LogP contribution < -0.4 is 5.32 Å². The van der Waals surface area contributed by atoms with Crippen molar-refractivity contribution in [2.24, 2.45) is 0 Å². The van der Waals surface area contributed by atoms with E-state index in [-0.39, 0.29) is 5.57 Å². The van der Waals surface area contributed by atoms with E-state index in [1.807, 2.05) is 61.5 Å². The van der Waals surface area contributed by atoms with Crippen molar-refractivity contribution in [2.75, 3.05) is 5.32 Å². The van der Waals surface area contributed by atoms with Gasteiger partial charge in [0, 0.05) is 44.4 Å². The minimum atomic E-state index is -0.489. The molecule has 0 aliphatic heterocycles. The Labute approximate surface area is 196 Å². The Morgan fingerprint density at radius 1 is 1.06 bits per heavy atom. The molecule has 1 amide bonds. The summed E-state index contributed by atoms with van der Waals surface area (Å²) in [5.41, 5.74) is 4.30. The number of hydrogen-bond acceptors (Lipinski definition) is 2. The zero-order valence-electron chi connectivity index (χ0n) is 17.3. The second kappa shape index (κ2) is 9.32. The van der Waals surface area contributed by atoms with Gasteiger partial charge in [-0.3, -0.25) is 4.79 Å². The molecule has 0 atom stereocenters. The van der Waals surface area contributed by atoms with Crippen molar-refractivity contribution in [3.8, 4) is 6.07 Å². The number of nitriles is 1. The van der Waals surface area contributed by atoms with Crippen LogP contribution in [0.1, 0.15) is 16.8 Å². The van der Waals surface area contributed by atoms with Gasteiger partial charge in [-0.15, -0.1) is 0 Å². The van der Waals surface area contributed by atoms with E-state index in [0.717, 1.165) is 27.7 Å². The zero-order chi connectivity index (χ0) is 22.7. The lowest BCUT2D eigenvalue weighted by Gasteiger charge is -2.10. The minimum Gasteiger partial charge on any atom is -0.340 e. The molecule has 1 N–H and O–H groups in total. The lowest BCUT2D eigenvalue weighted by molar-refractivity contribution is -0.112. The lowest BCUT2D eigenvalue weighted by atomic mass is 10.1. The van der Waals surface area contributed by atoms with Gasteiger partial charge in [-0.05, 0) is 48.9 Å². The Bertz CT molecular complexity index is 1400. The molecule has 0 aliphatic rings. The fraction of sp³-hybridized carbons (Fsp3) is 0.0769. The van der Waals surface area contributed by atoms with Gasteiger partial charge in [-0.25, -0.2) is 0 Å². The summed E-state index contributed by atoms with van der Waals surface area (Å²) in [5.74, 6) is -0.489. The van der Waals surface area contributed by atoms with E-state index in [1.54, 1.807) is 30.3 Å². The van der Waals surface area contributed by atoms with Crippen molar-refractivity contribution < 1.29 is 4.79 Å². The molecule has 0 unspecified atom stereocenters. The van der Waals surface area contributed by atoms with Crippen molar-refractivity contribution in [3.05, 3.63) is 105 Å². The Hall–Kier alpha value is -3.52. The number of nitrogens with zero attached hydrogens (tertiary/aromatic N) is 2. The first-order valence-electron chi connectivity index (χ1n) is 9.98. The summed E-state index contributed by atoms with van der Waals surface area (Å²) in [4.78, 5) is 12.8. The molecule has 1 heterocycles. The Morgan fingerprint density at radius 2 is 1.81 bits per heavy atom. The molecule has 3 aromatic carbocycles. The van der Waals surface area contributed by atoms with Gasteiger partial charge in [0.15, 0.2) is 0 Å². The molecule has 0 spiro atoms. The SMILES string of the molecule is Cc1c(/C=C(/C#N)C(=O)Nc2cccc(Cl)c2)c2ccccc2n1Cc1ccccc1Cl. The van der Waals surface area contributed by atoms with Crippen molar-refractivity contribution in [3.63, 3.8) is 0 Å². The number of aromatic nitrogens is 1. The summed E-state index contributed by atoms with van der Waals surface area (Å²) in [6.45, 7) is 2.56. The number of benzene rings is 3. The first-order chi connectivity index (χ1) is 15.5. The number of carbonyl (C=O) groups is 1. The maximum absolute atomic E-state index is 12.8. The highest BCUT2D eigenvalue weighted by Gasteiger charge is 2.17. The quantitative estimate of drug-likeness (QED) is 0.262. The molecule has 4 nitrogen and oxygen atoms in total. The molecule has 0 aliphatic carbocycles. The second-order valence-corrected chi connectivity index (χ2v) is 8.17. The average molecular weight is 460 g/mol. The second-order valence-electron chi connectivity index (χ2n) is 7.33. The number of anilines is 1. The number of amides is 1. The molecule has 158 valence electrons. The molecule has 6 heteroatoms. The van der Waals surface area contributed by atoms with Crippen LogP contribution >= 0.6 is 23.2 Å². The zero-order valence-corrected chi connectivity index (χ0v) is 18.8. The molecule has 4 aromatic rings. The van der Waals surface area contributed by atoms with Crippen molar-refractivity contribution >= 4 is 51.8 Å². The molecule has 0 saturated carbocycles. The van der Waals surface area contributed by atoms with Gasteiger partial charge in [0.2, 0.25) is 0 Å². The number of para-hydroxylation sites is 1. The van der Waals surface area contributed by atoms with Gasteiger partial charge in [0.05, 0.1) is 0 Å². The van der Waals surface area contributed by atoms with E-state index in [9.17, 15) is 10.1 Å². The number of halogens is 2. The highest BCUT2D eigenvalue weighted by Crippen LogP contribution is 2.30. The molecular formula is C26H19Cl2N3O. The van der Waals surface area contributed by atoms with Crippen LogP contribution in [0.5, 0.6) is 0 Å². The van der Waals surface area contributed by atoms with Crippen LogP contribution in [0.25, 0.3) is 17.0 Å². The van der Waals surface area contributed by atoms with Crippen molar-refractivity contribution in [1.82, 2.24) is 4.57 Å². The van der Waals surface area contributed by atoms with Crippen LogP contribution in [-0.4, -0.2) is 10.5 Å². The third-order valence-electron chi connectivity index (χ3n) is 5.30. The average Bonchev–Trinajstić information content (AvgIpc) is 3.04. The van der Waals surface area contributed by atoms with Gasteiger partial charge in [0.1, 0.15) is 11.6 Å². The number of carbonyl (C=O) groups excluding carboxylic acids is 1. The first kappa shape index (κ1) is 21.7. The molecule has 0 saturated heterocycles. The van der Waals surface area contributed by atoms with Crippen molar-refractivity contribution in [1.29, 1.82) is 5.26 Å². The molecule has 0 fully saturated rings. The highest BCUT2D eigenvalue weighted by atomic mass is 35.5. The van der Waals surface area contributed by atoms with E-state index >= 15 is 0 Å². The van der Waals surface area contributed by atoms with Crippen LogP contribution in [0.15, 0.2) is 78.4 Å². The van der Waals surface area contributed by atoms with Gasteiger partial charge >= 0.3 is 0 Å². The summed E-state index contributed by atoms with van der Waals surface area (Å²) in [5, 5.41) is 14.6. The Morgan fingerprint density at radius 3 is 2.56 bits per heavy atom. The lowest BCUT2D eigenvalue weighted by Crippen LogP contribution is -2.13. The van der Waals surface area contributed by atoms with Gasteiger partial charge < -0.3 is 9.88 Å². The summed E-state index contributed by atoms with van der Waals surface area (Å²) >= 11 is 12.4. The fourth-order valence-electron chi connectivity index (χ4n) is 3.70. The van der Waals surface area contributed by atoms with Crippen LogP contribution in [0.4, 0.5) is 5.69 Å². The molecule has 0 radical (unpaired) electrons. The third-order valence-corrected chi connectivity index (χ3v) is 5.91. The van der Waals surface area contributed by atoms with Gasteiger partial charge in [0.25, 0.3) is 5.91 Å². The van der Waals surface area contributed by atoms with Gasteiger partial charge in [-0.2, -0.15) is 5.26 Å². The Balaban J connectivity index is 1.76. The number of fused-ring (bicyclic) bond motifs is 1. The highest BCUT2D eigenvalue weighted by molar-refractivity contribution is 6.31. The van der Waals surface area contributed by atoms with Crippen molar-refractivity contribution in [2.45, 2.75) is 13.5 Å². The van der Waals surface area contributed by atoms with E-state index in [2.05, 4.69) is 9.88 Å². The maximum atomic E-state index is 12.8. The number of rotatable bonds is 5. The predicted molar refractivity (Wildman–Crippen MR) is 131 cm³/mol. The molecular weight excluding hydrogens is 441 g/mol. The smallest absolute Gasteiger partial charge is 0.266 e. The van der Waals surface area contributed by atoms with Crippen LogP contribution in [0, 0.1) is 18.3 Å². The maximum Gasteiger partial charge on any atom is 0.266 e. The summed E-state index contributed by atoms with van der Waals surface area (Å²) < 4.78 is 2.15. The van der Waals surface area contributed by atoms with E-state index < -0.39 is 5.91 Å².